The second-order valence-corrected chi connectivity index (χ2v) is 9.15. The molecule has 0 aliphatic rings. The Labute approximate surface area is 220 Å². The molecule has 0 spiro atoms. The maximum Gasteiger partial charge on any atom is 0.306 e. The van der Waals surface area contributed by atoms with Gasteiger partial charge >= 0.3 is 5.97 Å². The highest BCUT2D eigenvalue weighted by atomic mass is 19.1. The van der Waals surface area contributed by atoms with Crippen molar-refractivity contribution < 1.29 is 24.2 Å². The molecule has 0 saturated carbocycles. The van der Waals surface area contributed by atoms with E-state index in [9.17, 15) is 24.2 Å². The Bertz CT molecular complexity index is 1410. The zero-order valence-corrected chi connectivity index (χ0v) is 20.9. The van der Waals surface area contributed by atoms with Gasteiger partial charge in [-0.1, -0.05) is 25.1 Å². The number of hydrogen-bond acceptors (Lipinski definition) is 5. The van der Waals surface area contributed by atoms with E-state index in [-0.39, 0.29) is 18.3 Å². The number of carboxylic acid groups (broad SMARTS) is 1. The number of aliphatic hydroxyl groups is 1. The fraction of sp³-hybridized carbons (Fsp3) is 0.267. The first-order chi connectivity index (χ1) is 18.4. The van der Waals surface area contributed by atoms with Gasteiger partial charge in [0.15, 0.2) is 0 Å². The van der Waals surface area contributed by atoms with Crippen molar-refractivity contribution >= 4 is 22.9 Å². The van der Waals surface area contributed by atoms with E-state index in [2.05, 4.69) is 17.4 Å². The first kappa shape index (κ1) is 26.7. The number of amides is 1. The molecule has 1 amide bonds. The van der Waals surface area contributed by atoms with Gasteiger partial charge in [0.05, 0.1) is 34.4 Å². The second-order valence-electron chi connectivity index (χ2n) is 9.15. The summed E-state index contributed by atoms with van der Waals surface area (Å²) in [5.41, 5.74) is 4.13. The Morgan fingerprint density at radius 3 is 2.53 bits per heavy atom. The van der Waals surface area contributed by atoms with Gasteiger partial charge in [-0.25, -0.2) is 14.4 Å². The molecule has 7 nitrogen and oxygen atoms in total. The average Bonchev–Trinajstić information content (AvgIpc) is 2.93. The highest BCUT2D eigenvalue weighted by Gasteiger charge is 2.18. The molecule has 0 saturated heterocycles. The molecule has 1 unspecified atom stereocenters. The standard InChI is InChI=1S/C30H28FN3O4/c1-19(30(37)38)6-5-9-26-28(21-10-13-23(31)14-11-21)33-25-15-12-22(18-27(25)32-26)29(36)34-24(16-17-35)20-7-3-2-4-8-20/h2-3,7,10-15,18-19,24,35H,5-6,9,16-17H2,1H3,(H,34,36)(H,37,38)/t19?,24-/m0/s1. The van der Waals surface area contributed by atoms with Crippen LogP contribution in [0.4, 0.5) is 4.39 Å². The molecular formula is C30H28FN3O4. The number of carbonyl (C=O) groups is 2. The summed E-state index contributed by atoms with van der Waals surface area (Å²) in [6.07, 6.45) is 1.85. The SMILES string of the molecule is CC(CCCc1nc2cc(C(=O)N[C@@H](CCO)c3c#cccc3)ccc2nc1-c1ccc(F)cc1)C(=O)O. The first-order valence-electron chi connectivity index (χ1n) is 12.4. The van der Waals surface area contributed by atoms with Crippen LogP contribution in [0.25, 0.3) is 22.3 Å². The number of nitrogens with one attached hydrogen (secondary N) is 1. The minimum Gasteiger partial charge on any atom is -0.481 e. The largest absolute Gasteiger partial charge is 0.481 e. The molecule has 8 heteroatoms. The van der Waals surface area contributed by atoms with Crippen LogP contribution in [-0.2, 0) is 11.2 Å². The van der Waals surface area contributed by atoms with Gasteiger partial charge in [0.2, 0.25) is 0 Å². The number of aromatic nitrogens is 2. The van der Waals surface area contributed by atoms with Crippen LogP contribution in [0.15, 0.2) is 60.7 Å². The van der Waals surface area contributed by atoms with Crippen LogP contribution < -0.4 is 5.32 Å². The summed E-state index contributed by atoms with van der Waals surface area (Å²) < 4.78 is 13.5. The third-order valence-electron chi connectivity index (χ3n) is 6.36. The number of nitrogens with zero attached hydrogens (tertiary/aromatic N) is 2. The summed E-state index contributed by atoms with van der Waals surface area (Å²) in [4.78, 5) is 33.9. The predicted octanol–water partition coefficient (Wildman–Crippen LogP) is 4.93. The third-order valence-corrected chi connectivity index (χ3v) is 6.36. The molecule has 3 aromatic carbocycles. The minimum absolute atomic E-state index is 0.104. The smallest absolute Gasteiger partial charge is 0.306 e. The van der Waals surface area contributed by atoms with Gasteiger partial charge in [0.25, 0.3) is 5.91 Å². The molecule has 0 aliphatic heterocycles. The van der Waals surface area contributed by atoms with E-state index in [1.54, 1.807) is 49.4 Å². The first-order valence-corrected chi connectivity index (χ1v) is 12.4. The molecule has 3 N–H and O–H groups in total. The predicted molar refractivity (Wildman–Crippen MR) is 141 cm³/mol. The maximum atomic E-state index is 13.5. The van der Waals surface area contributed by atoms with Gasteiger partial charge in [-0.05, 0) is 80.3 Å². The molecule has 0 bridgehead atoms. The van der Waals surface area contributed by atoms with Gasteiger partial charge in [0.1, 0.15) is 5.82 Å². The number of benzene rings is 2. The van der Waals surface area contributed by atoms with Crippen molar-refractivity contribution in [1.29, 1.82) is 0 Å². The molecule has 2 atom stereocenters. The maximum absolute atomic E-state index is 13.5. The highest BCUT2D eigenvalue weighted by Crippen LogP contribution is 2.26. The van der Waals surface area contributed by atoms with Crippen LogP contribution in [0.2, 0.25) is 0 Å². The normalized spacial score (nSPS) is 12.5. The zero-order valence-electron chi connectivity index (χ0n) is 20.9. The molecule has 0 radical (unpaired) electrons. The van der Waals surface area contributed by atoms with Crippen LogP contribution in [0.5, 0.6) is 0 Å². The van der Waals surface area contributed by atoms with Crippen molar-refractivity contribution in [3.8, 4) is 11.3 Å². The van der Waals surface area contributed by atoms with Crippen LogP contribution in [-0.4, -0.2) is 38.7 Å². The summed E-state index contributed by atoms with van der Waals surface area (Å²) in [6, 6.07) is 21.7. The van der Waals surface area contributed by atoms with E-state index >= 15 is 0 Å². The summed E-state index contributed by atoms with van der Waals surface area (Å²) in [5, 5.41) is 21.6. The highest BCUT2D eigenvalue weighted by molar-refractivity contribution is 5.97. The zero-order chi connectivity index (χ0) is 27.1. The lowest BCUT2D eigenvalue weighted by Crippen LogP contribution is -2.29. The quantitative estimate of drug-likeness (QED) is 0.262. The monoisotopic (exact) mass is 513 g/mol. The topological polar surface area (TPSA) is 112 Å². The second kappa shape index (κ2) is 12.3. The number of aliphatic hydroxyl groups excluding tert-OH is 1. The van der Waals surface area contributed by atoms with Gasteiger partial charge in [-0.3, -0.25) is 9.59 Å². The van der Waals surface area contributed by atoms with E-state index in [1.165, 1.54) is 12.1 Å². The van der Waals surface area contributed by atoms with Crippen LogP contribution in [0, 0.1) is 23.9 Å². The van der Waals surface area contributed by atoms with Gasteiger partial charge in [0, 0.05) is 23.3 Å². The third kappa shape index (κ3) is 6.50. The number of fused-ring (bicyclic) bond motifs is 1. The Morgan fingerprint density at radius 1 is 1.05 bits per heavy atom. The average molecular weight is 514 g/mol. The molecule has 4 aromatic rings. The number of rotatable bonds is 11. The number of halogens is 1. The lowest BCUT2D eigenvalue weighted by molar-refractivity contribution is -0.141. The molecule has 4 rings (SSSR count). The van der Waals surface area contributed by atoms with E-state index in [4.69, 9.17) is 9.97 Å². The summed E-state index contributed by atoms with van der Waals surface area (Å²) in [6.45, 7) is 1.56. The van der Waals surface area contributed by atoms with E-state index < -0.39 is 17.9 Å². The molecule has 0 aliphatic carbocycles. The molecule has 1 heterocycles. The summed E-state index contributed by atoms with van der Waals surface area (Å²) >= 11 is 0. The number of aliphatic carboxylic acids is 1. The Balaban J connectivity index is 1.64. The Morgan fingerprint density at radius 2 is 1.84 bits per heavy atom. The van der Waals surface area contributed by atoms with Crippen molar-refractivity contribution in [3.05, 3.63) is 95.4 Å². The van der Waals surface area contributed by atoms with Crippen molar-refractivity contribution in [3.63, 3.8) is 0 Å². The summed E-state index contributed by atoms with van der Waals surface area (Å²) in [5.74, 6) is -2.03. The number of carbonyl (C=O) groups excluding carboxylic acids is 1. The van der Waals surface area contributed by atoms with E-state index in [0.29, 0.717) is 59.2 Å². The fourth-order valence-corrected chi connectivity index (χ4v) is 4.19. The molecule has 38 heavy (non-hydrogen) atoms. The lowest BCUT2D eigenvalue weighted by atomic mass is 10.0. The number of carboxylic acids is 1. The van der Waals surface area contributed by atoms with Gasteiger partial charge < -0.3 is 15.5 Å². The van der Waals surface area contributed by atoms with Crippen LogP contribution in [0.3, 0.4) is 0 Å². The van der Waals surface area contributed by atoms with Gasteiger partial charge in [-0.15, -0.1) is 0 Å². The van der Waals surface area contributed by atoms with Crippen LogP contribution >= 0.6 is 0 Å². The molecular weight excluding hydrogens is 485 g/mol. The number of aryl methyl sites for hydroxylation is 1. The Hall–Kier alpha value is -4.35. The molecule has 1 aromatic heterocycles. The minimum atomic E-state index is -0.852. The van der Waals surface area contributed by atoms with Crippen LogP contribution in [0.1, 0.15) is 53.8 Å². The Kier molecular flexibility index (Phi) is 8.62. The molecule has 194 valence electrons. The van der Waals surface area contributed by atoms with E-state index in [0.717, 1.165) is 5.56 Å². The van der Waals surface area contributed by atoms with Crippen molar-refractivity contribution in [2.45, 2.75) is 38.6 Å². The fourth-order valence-electron chi connectivity index (χ4n) is 4.19. The van der Waals surface area contributed by atoms with Gasteiger partial charge in [-0.2, -0.15) is 0 Å². The van der Waals surface area contributed by atoms with Crippen molar-refractivity contribution in [2.75, 3.05) is 6.61 Å². The number of hydrogen-bond donors (Lipinski definition) is 3. The molecule has 0 fully saturated rings. The summed E-state index contributed by atoms with van der Waals surface area (Å²) in [7, 11) is 0. The van der Waals surface area contributed by atoms with Crippen molar-refractivity contribution in [2.24, 2.45) is 5.92 Å². The lowest BCUT2D eigenvalue weighted by Gasteiger charge is -2.17. The van der Waals surface area contributed by atoms with Crippen molar-refractivity contribution in [1.82, 2.24) is 15.3 Å². The van der Waals surface area contributed by atoms with E-state index in [1.807, 2.05) is 6.07 Å².